The van der Waals surface area contributed by atoms with Gasteiger partial charge in [0.1, 0.15) is 0 Å². The molecule has 2 heterocycles. The Morgan fingerprint density at radius 2 is 1.57 bits per heavy atom. The van der Waals surface area contributed by atoms with Crippen molar-refractivity contribution in [3.63, 3.8) is 0 Å². The Kier molecular flexibility index (Phi) is 4.91. The van der Waals surface area contributed by atoms with Crippen LogP contribution in [0.3, 0.4) is 0 Å². The van der Waals surface area contributed by atoms with E-state index in [1.807, 2.05) is 48.5 Å². The van der Waals surface area contributed by atoms with E-state index in [4.69, 9.17) is 11.6 Å². The lowest BCUT2D eigenvalue weighted by Crippen LogP contribution is -2.13. The number of hydrogen-bond donors (Lipinski definition) is 3. The molecule has 0 aliphatic carbocycles. The Bertz CT molecular complexity index is 1880. The smallest absolute Gasteiger partial charge is 0.262 e. The van der Waals surface area contributed by atoms with E-state index in [0.29, 0.717) is 43.8 Å². The molecule has 6 aromatic rings. The highest BCUT2D eigenvalue weighted by Crippen LogP contribution is 2.39. The summed E-state index contributed by atoms with van der Waals surface area (Å²) in [5, 5.41) is 14.1. The standard InChI is InChI=1S/C27H18ClN3O3S/c28-21-15-24(29-22-10-4-3-9-19(21)22)26-20-14-17(12-13-23(20)30-27(26)32)31-35(33,34)25-11-5-7-16-6-1-2-8-18(16)25/h1-15,30-32H. The molecule has 6 nitrogen and oxygen atoms in total. The van der Waals surface area contributed by atoms with Crippen molar-refractivity contribution in [2.24, 2.45) is 0 Å². The summed E-state index contributed by atoms with van der Waals surface area (Å²) in [5.74, 6) is -0.0760. The lowest BCUT2D eigenvalue weighted by Gasteiger charge is -2.11. The highest BCUT2D eigenvalue weighted by atomic mass is 35.5. The number of aromatic amines is 1. The molecule has 4 aromatic carbocycles. The van der Waals surface area contributed by atoms with Crippen LogP contribution in [-0.2, 0) is 10.0 Å². The molecule has 0 spiro atoms. The van der Waals surface area contributed by atoms with Crippen molar-refractivity contribution in [3.8, 4) is 17.1 Å². The van der Waals surface area contributed by atoms with Crippen molar-refractivity contribution in [2.75, 3.05) is 4.72 Å². The average molecular weight is 500 g/mol. The van der Waals surface area contributed by atoms with Crippen LogP contribution in [-0.4, -0.2) is 23.5 Å². The average Bonchev–Trinajstić information content (AvgIpc) is 3.18. The second-order valence-electron chi connectivity index (χ2n) is 8.20. The molecule has 0 bridgehead atoms. The number of halogens is 1. The molecule has 172 valence electrons. The molecule has 0 aliphatic heterocycles. The molecule has 0 amide bonds. The summed E-state index contributed by atoms with van der Waals surface area (Å²) in [5.41, 5.74) is 2.61. The predicted molar refractivity (Wildman–Crippen MR) is 140 cm³/mol. The molecule has 0 radical (unpaired) electrons. The van der Waals surface area contributed by atoms with E-state index in [2.05, 4.69) is 14.7 Å². The Labute approximate surface area is 205 Å². The number of rotatable bonds is 4. The zero-order chi connectivity index (χ0) is 24.2. The van der Waals surface area contributed by atoms with E-state index in [1.165, 1.54) is 0 Å². The first-order valence-electron chi connectivity index (χ1n) is 10.8. The molecule has 0 saturated carbocycles. The highest BCUT2D eigenvalue weighted by Gasteiger charge is 2.20. The number of nitrogens with zero attached hydrogens (tertiary/aromatic N) is 1. The Hall–Kier alpha value is -4.07. The van der Waals surface area contributed by atoms with E-state index >= 15 is 0 Å². The number of fused-ring (bicyclic) bond motifs is 3. The van der Waals surface area contributed by atoms with Crippen molar-refractivity contribution in [1.29, 1.82) is 0 Å². The third-order valence-electron chi connectivity index (χ3n) is 5.99. The molecular formula is C27H18ClN3O3S. The van der Waals surface area contributed by atoms with Crippen LogP contribution in [0, 0.1) is 0 Å². The molecule has 35 heavy (non-hydrogen) atoms. The molecule has 0 atom stereocenters. The fourth-order valence-electron chi connectivity index (χ4n) is 4.40. The van der Waals surface area contributed by atoms with Gasteiger partial charge in [-0.25, -0.2) is 13.4 Å². The summed E-state index contributed by atoms with van der Waals surface area (Å²) in [4.78, 5) is 7.80. The van der Waals surface area contributed by atoms with E-state index in [0.717, 1.165) is 10.8 Å². The molecule has 0 aliphatic rings. The van der Waals surface area contributed by atoms with Gasteiger partial charge in [-0.05, 0) is 41.8 Å². The summed E-state index contributed by atoms with van der Waals surface area (Å²) in [7, 11) is -3.87. The van der Waals surface area contributed by atoms with Crippen LogP contribution in [0.4, 0.5) is 5.69 Å². The Balaban J connectivity index is 1.46. The monoisotopic (exact) mass is 499 g/mol. The normalized spacial score (nSPS) is 11.9. The van der Waals surface area contributed by atoms with Gasteiger partial charge in [0.05, 0.1) is 26.7 Å². The molecule has 0 unspecified atom stereocenters. The number of aromatic hydroxyl groups is 1. The zero-order valence-electron chi connectivity index (χ0n) is 18.2. The van der Waals surface area contributed by atoms with Gasteiger partial charge in [-0.3, -0.25) is 4.72 Å². The quantitative estimate of drug-likeness (QED) is 0.251. The summed E-state index contributed by atoms with van der Waals surface area (Å²) in [6, 6.07) is 26.7. The van der Waals surface area contributed by atoms with Gasteiger partial charge in [-0.1, -0.05) is 66.2 Å². The van der Waals surface area contributed by atoms with Crippen LogP contribution in [0.25, 0.3) is 43.8 Å². The number of para-hydroxylation sites is 1. The van der Waals surface area contributed by atoms with Crippen molar-refractivity contribution in [1.82, 2.24) is 9.97 Å². The second kappa shape index (κ2) is 8.01. The summed E-state index contributed by atoms with van der Waals surface area (Å²) in [6.07, 6.45) is 0. The first kappa shape index (κ1) is 21.5. The first-order chi connectivity index (χ1) is 16.9. The van der Waals surface area contributed by atoms with Gasteiger partial charge < -0.3 is 10.1 Å². The lowest BCUT2D eigenvalue weighted by molar-refractivity contribution is 0.460. The van der Waals surface area contributed by atoms with E-state index < -0.39 is 10.0 Å². The van der Waals surface area contributed by atoms with Crippen molar-refractivity contribution >= 4 is 59.9 Å². The van der Waals surface area contributed by atoms with Crippen molar-refractivity contribution < 1.29 is 13.5 Å². The van der Waals surface area contributed by atoms with Gasteiger partial charge in [0, 0.05) is 27.4 Å². The van der Waals surface area contributed by atoms with Crippen LogP contribution in [0.15, 0.2) is 95.9 Å². The van der Waals surface area contributed by atoms with Crippen LogP contribution >= 0.6 is 11.6 Å². The Morgan fingerprint density at radius 1 is 0.829 bits per heavy atom. The maximum absolute atomic E-state index is 13.3. The van der Waals surface area contributed by atoms with E-state index in [-0.39, 0.29) is 10.8 Å². The van der Waals surface area contributed by atoms with E-state index in [1.54, 1.807) is 42.5 Å². The second-order valence-corrected chi connectivity index (χ2v) is 10.3. The molecule has 6 rings (SSSR count). The SMILES string of the molecule is O=S(=O)(Nc1ccc2[nH]c(O)c(-c3cc(Cl)c4ccccc4n3)c2c1)c1cccc2ccccc12. The molecule has 8 heteroatoms. The van der Waals surface area contributed by atoms with Gasteiger partial charge in [0.2, 0.25) is 0 Å². The van der Waals surface area contributed by atoms with Gasteiger partial charge in [-0.15, -0.1) is 0 Å². The van der Waals surface area contributed by atoms with Crippen LogP contribution < -0.4 is 4.72 Å². The molecule has 0 fully saturated rings. The maximum atomic E-state index is 13.3. The van der Waals surface area contributed by atoms with Gasteiger partial charge >= 0.3 is 0 Å². The van der Waals surface area contributed by atoms with Crippen LogP contribution in [0.5, 0.6) is 5.88 Å². The fourth-order valence-corrected chi connectivity index (χ4v) is 5.95. The third kappa shape index (κ3) is 3.65. The minimum atomic E-state index is -3.87. The topological polar surface area (TPSA) is 95.1 Å². The minimum absolute atomic E-state index is 0.0760. The molecule has 3 N–H and O–H groups in total. The van der Waals surface area contributed by atoms with Crippen molar-refractivity contribution in [3.05, 3.63) is 96.0 Å². The van der Waals surface area contributed by atoms with Gasteiger partial charge in [0.25, 0.3) is 10.0 Å². The van der Waals surface area contributed by atoms with Gasteiger partial charge in [-0.2, -0.15) is 0 Å². The number of anilines is 1. The number of hydrogen-bond acceptors (Lipinski definition) is 4. The van der Waals surface area contributed by atoms with Gasteiger partial charge in [0.15, 0.2) is 5.88 Å². The van der Waals surface area contributed by atoms with Crippen LogP contribution in [0.1, 0.15) is 0 Å². The third-order valence-corrected chi connectivity index (χ3v) is 7.74. The number of pyridine rings is 1. The number of aromatic nitrogens is 2. The number of sulfonamides is 1. The fraction of sp³-hybridized carbons (Fsp3) is 0. The first-order valence-corrected chi connectivity index (χ1v) is 12.7. The summed E-state index contributed by atoms with van der Waals surface area (Å²) >= 11 is 6.49. The lowest BCUT2D eigenvalue weighted by atomic mass is 10.1. The minimum Gasteiger partial charge on any atom is -0.494 e. The van der Waals surface area contributed by atoms with Crippen LogP contribution in [0.2, 0.25) is 5.02 Å². The maximum Gasteiger partial charge on any atom is 0.262 e. The largest absolute Gasteiger partial charge is 0.494 e. The number of nitrogens with one attached hydrogen (secondary N) is 2. The predicted octanol–water partition coefficient (Wildman–Crippen LogP) is 6.70. The van der Waals surface area contributed by atoms with Crippen molar-refractivity contribution in [2.45, 2.75) is 4.90 Å². The summed E-state index contributed by atoms with van der Waals surface area (Å²) in [6.45, 7) is 0. The molecule has 0 saturated heterocycles. The number of H-pyrrole nitrogens is 1. The highest BCUT2D eigenvalue weighted by molar-refractivity contribution is 7.93. The number of benzene rings is 4. The van der Waals surface area contributed by atoms with E-state index in [9.17, 15) is 13.5 Å². The zero-order valence-corrected chi connectivity index (χ0v) is 19.7. The molecule has 2 aromatic heterocycles. The molecular weight excluding hydrogens is 482 g/mol. The Morgan fingerprint density at radius 3 is 2.43 bits per heavy atom. The summed E-state index contributed by atoms with van der Waals surface area (Å²) < 4.78 is 29.3.